The van der Waals surface area contributed by atoms with Crippen molar-refractivity contribution in [1.29, 1.82) is 0 Å². The predicted molar refractivity (Wildman–Crippen MR) is 74.8 cm³/mol. The zero-order valence-electron chi connectivity index (χ0n) is 11.5. The zero-order valence-corrected chi connectivity index (χ0v) is 13.2. The van der Waals surface area contributed by atoms with Crippen molar-refractivity contribution >= 4 is 33.3 Å². The van der Waals surface area contributed by atoms with E-state index >= 15 is 0 Å². The van der Waals surface area contributed by atoms with Gasteiger partial charge in [0, 0.05) is 13.1 Å². The molecule has 0 aromatic carbocycles. The van der Waals surface area contributed by atoms with E-state index in [9.17, 15) is 23.1 Å². The molecule has 7 nitrogen and oxygen atoms in total. The summed E-state index contributed by atoms with van der Waals surface area (Å²) >= 11 is 0.977. The highest BCUT2D eigenvalue weighted by Gasteiger charge is 2.45. The van der Waals surface area contributed by atoms with E-state index < -0.39 is 27.4 Å². The molecule has 1 aliphatic heterocycles. The van der Waals surface area contributed by atoms with Crippen LogP contribution in [0.25, 0.3) is 0 Å². The van der Waals surface area contributed by atoms with Crippen molar-refractivity contribution in [3.63, 3.8) is 0 Å². The maximum Gasteiger partial charge on any atom is 0.349 e. The average molecular weight is 333 g/mol. The molecule has 0 spiro atoms. The van der Waals surface area contributed by atoms with Crippen LogP contribution < -0.4 is 0 Å². The van der Waals surface area contributed by atoms with Gasteiger partial charge in [-0.1, -0.05) is 0 Å². The molecule has 2 rings (SSSR count). The number of ether oxygens (including phenoxy) is 1. The summed E-state index contributed by atoms with van der Waals surface area (Å²) in [4.78, 5) is 22.7. The fraction of sp³-hybridized carbons (Fsp3) is 0.500. The van der Waals surface area contributed by atoms with Gasteiger partial charge < -0.3 is 9.84 Å². The minimum Gasteiger partial charge on any atom is -0.481 e. The molecule has 1 aliphatic rings. The SMILES string of the molecule is COC(=O)c1sccc1S(=O)(=O)N1CCC(C)(C(=O)O)C1. The van der Waals surface area contributed by atoms with Crippen LogP contribution in [-0.2, 0) is 19.6 Å². The molecule has 1 atom stereocenters. The lowest BCUT2D eigenvalue weighted by Crippen LogP contribution is -2.35. The molecule has 0 radical (unpaired) electrons. The van der Waals surface area contributed by atoms with Gasteiger partial charge in [-0.3, -0.25) is 4.79 Å². The summed E-state index contributed by atoms with van der Waals surface area (Å²) in [5.41, 5.74) is -1.10. The second-order valence-electron chi connectivity index (χ2n) is 5.06. The molecular formula is C12H15NO6S2. The molecule has 9 heteroatoms. The largest absolute Gasteiger partial charge is 0.481 e. The maximum absolute atomic E-state index is 12.6. The standard InChI is InChI=1S/C12H15NO6S2/c1-12(11(15)16)4-5-13(7-12)21(17,18)8-3-6-20-9(8)10(14)19-2/h3,6H,4-5,7H2,1-2H3,(H,15,16). The molecule has 116 valence electrons. The van der Waals surface area contributed by atoms with E-state index in [0.29, 0.717) is 0 Å². The number of esters is 1. The predicted octanol–water partition coefficient (Wildman–Crippen LogP) is 1.02. The van der Waals surface area contributed by atoms with Crippen molar-refractivity contribution in [2.24, 2.45) is 5.41 Å². The molecule has 0 saturated carbocycles. The molecular weight excluding hydrogens is 318 g/mol. The number of thiophene rings is 1. The number of hydrogen-bond acceptors (Lipinski definition) is 6. The molecule has 0 amide bonds. The van der Waals surface area contributed by atoms with Gasteiger partial charge in [0.25, 0.3) is 0 Å². The third-order valence-electron chi connectivity index (χ3n) is 3.57. The first-order valence-electron chi connectivity index (χ1n) is 6.12. The summed E-state index contributed by atoms with van der Waals surface area (Å²) in [6, 6.07) is 1.34. The van der Waals surface area contributed by atoms with Crippen molar-refractivity contribution < 1.29 is 27.9 Å². The molecule has 0 bridgehead atoms. The fourth-order valence-corrected chi connectivity index (χ4v) is 5.05. The van der Waals surface area contributed by atoms with E-state index in [0.717, 1.165) is 15.6 Å². The van der Waals surface area contributed by atoms with Crippen LogP contribution in [0.2, 0.25) is 0 Å². The number of carboxylic acid groups (broad SMARTS) is 1. The highest BCUT2D eigenvalue weighted by Crippen LogP contribution is 2.35. The van der Waals surface area contributed by atoms with Crippen LogP contribution in [0.1, 0.15) is 23.0 Å². The van der Waals surface area contributed by atoms with E-state index in [1.54, 1.807) is 0 Å². The van der Waals surface area contributed by atoms with Gasteiger partial charge in [0.15, 0.2) is 0 Å². The van der Waals surface area contributed by atoms with Crippen LogP contribution >= 0.6 is 11.3 Å². The van der Waals surface area contributed by atoms with Crippen LogP contribution in [0.4, 0.5) is 0 Å². The lowest BCUT2D eigenvalue weighted by molar-refractivity contribution is -0.146. The fourth-order valence-electron chi connectivity index (χ4n) is 2.18. The van der Waals surface area contributed by atoms with Crippen LogP contribution in [0.3, 0.4) is 0 Å². The van der Waals surface area contributed by atoms with E-state index in [2.05, 4.69) is 4.74 Å². The molecule has 21 heavy (non-hydrogen) atoms. The Morgan fingerprint density at radius 2 is 2.14 bits per heavy atom. The summed E-state index contributed by atoms with van der Waals surface area (Å²) < 4.78 is 30.8. The number of carbonyl (C=O) groups is 2. The Morgan fingerprint density at radius 3 is 2.67 bits per heavy atom. The number of methoxy groups -OCH3 is 1. The Kier molecular flexibility index (Phi) is 4.09. The minimum absolute atomic E-state index is 0.00132. The number of nitrogens with zero attached hydrogens (tertiary/aromatic N) is 1. The van der Waals surface area contributed by atoms with Crippen LogP contribution in [0.5, 0.6) is 0 Å². The normalized spacial score (nSPS) is 23.1. The summed E-state index contributed by atoms with van der Waals surface area (Å²) in [6.45, 7) is 1.52. The first-order chi connectivity index (χ1) is 9.72. The van der Waals surface area contributed by atoms with Gasteiger partial charge in [-0.05, 0) is 24.8 Å². The third kappa shape index (κ3) is 2.68. The highest BCUT2D eigenvalue weighted by molar-refractivity contribution is 7.89. The topological polar surface area (TPSA) is 101 Å². The zero-order chi connectivity index (χ0) is 15.8. The van der Waals surface area contributed by atoms with Crippen molar-refractivity contribution in [2.45, 2.75) is 18.2 Å². The van der Waals surface area contributed by atoms with Gasteiger partial charge in [0.05, 0.1) is 12.5 Å². The van der Waals surface area contributed by atoms with Crippen LogP contribution in [0, 0.1) is 5.41 Å². The van der Waals surface area contributed by atoms with Crippen LogP contribution in [-0.4, -0.2) is 50.0 Å². The number of aliphatic carboxylic acids is 1. The summed E-state index contributed by atoms with van der Waals surface area (Å²) in [5.74, 6) is -1.75. The second kappa shape index (κ2) is 5.39. The highest BCUT2D eigenvalue weighted by atomic mass is 32.2. The average Bonchev–Trinajstić information content (AvgIpc) is 3.05. The van der Waals surface area contributed by atoms with Crippen molar-refractivity contribution in [3.8, 4) is 0 Å². The minimum atomic E-state index is -3.91. The van der Waals surface area contributed by atoms with E-state index in [1.165, 1.54) is 25.5 Å². The third-order valence-corrected chi connectivity index (χ3v) is 6.48. The molecule has 2 heterocycles. The lowest BCUT2D eigenvalue weighted by Gasteiger charge is -2.20. The molecule has 1 aromatic rings. The summed E-state index contributed by atoms with van der Waals surface area (Å²) in [6.07, 6.45) is 0.235. The molecule has 1 aromatic heterocycles. The van der Waals surface area contributed by atoms with Gasteiger partial charge >= 0.3 is 11.9 Å². The first kappa shape index (κ1) is 15.9. The van der Waals surface area contributed by atoms with E-state index in [1.807, 2.05) is 0 Å². The quantitative estimate of drug-likeness (QED) is 0.826. The van der Waals surface area contributed by atoms with Crippen molar-refractivity contribution in [2.75, 3.05) is 20.2 Å². The Labute approximate surface area is 126 Å². The Hall–Kier alpha value is -1.45. The van der Waals surface area contributed by atoms with Crippen molar-refractivity contribution in [1.82, 2.24) is 4.31 Å². The van der Waals surface area contributed by atoms with Gasteiger partial charge in [-0.15, -0.1) is 11.3 Å². The summed E-state index contributed by atoms with van der Waals surface area (Å²) in [7, 11) is -2.73. The number of carboxylic acids is 1. The smallest absolute Gasteiger partial charge is 0.349 e. The monoisotopic (exact) mass is 333 g/mol. The van der Waals surface area contributed by atoms with Gasteiger partial charge in [-0.25, -0.2) is 13.2 Å². The van der Waals surface area contributed by atoms with Crippen LogP contribution in [0.15, 0.2) is 16.3 Å². The first-order valence-corrected chi connectivity index (χ1v) is 8.44. The molecule has 0 aliphatic carbocycles. The van der Waals surface area contributed by atoms with E-state index in [-0.39, 0.29) is 29.3 Å². The Bertz CT molecular complexity index is 680. The molecule has 1 fully saturated rings. The van der Waals surface area contributed by atoms with Gasteiger partial charge in [0.1, 0.15) is 9.77 Å². The molecule has 1 N–H and O–H groups in total. The van der Waals surface area contributed by atoms with E-state index in [4.69, 9.17) is 0 Å². The van der Waals surface area contributed by atoms with Gasteiger partial charge in [-0.2, -0.15) is 4.31 Å². The Morgan fingerprint density at radius 1 is 1.48 bits per heavy atom. The number of sulfonamides is 1. The number of rotatable bonds is 4. The summed E-state index contributed by atoms with van der Waals surface area (Å²) in [5, 5.41) is 10.7. The van der Waals surface area contributed by atoms with Crippen molar-refractivity contribution in [3.05, 3.63) is 16.3 Å². The maximum atomic E-state index is 12.6. The second-order valence-corrected chi connectivity index (χ2v) is 7.88. The number of hydrogen-bond donors (Lipinski definition) is 1. The lowest BCUT2D eigenvalue weighted by atomic mass is 9.90. The van der Waals surface area contributed by atoms with Gasteiger partial charge in [0.2, 0.25) is 10.0 Å². The Balaban J connectivity index is 2.35. The number of carbonyl (C=O) groups excluding carboxylic acids is 1. The molecule has 1 saturated heterocycles. The molecule has 1 unspecified atom stereocenters.